The maximum absolute atomic E-state index is 12.6. The number of amides is 1. The van der Waals surface area contributed by atoms with Crippen molar-refractivity contribution in [3.63, 3.8) is 0 Å². The number of pyridine rings is 1. The van der Waals surface area contributed by atoms with Gasteiger partial charge in [0.05, 0.1) is 17.8 Å². The molecule has 0 radical (unpaired) electrons. The van der Waals surface area contributed by atoms with Crippen LogP contribution in [0.5, 0.6) is 11.6 Å². The first kappa shape index (κ1) is 24.0. The number of carbonyl (C=O) groups is 1. The Bertz CT molecular complexity index is 1300. The molecule has 9 heteroatoms. The molecule has 1 amide bonds. The number of benzene rings is 2. The highest BCUT2D eigenvalue weighted by atomic mass is 19.4. The smallest absolute Gasteiger partial charge is 0.417 e. The normalized spacial score (nSPS) is 11.3. The van der Waals surface area contributed by atoms with Gasteiger partial charge < -0.3 is 10.1 Å². The third-order valence-electron chi connectivity index (χ3n) is 5.53. The fraction of sp³-hybridized carbons (Fsp3) is 0.192. The van der Waals surface area contributed by atoms with E-state index in [1.807, 2.05) is 48.9 Å². The zero-order valence-corrected chi connectivity index (χ0v) is 19.1. The van der Waals surface area contributed by atoms with Crippen LogP contribution in [0.1, 0.15) is 38.4 Å². The monoisotopic (exact) mass is 480 g/mol. The lowest BCUT2D eigenvalue weighted by Crippen LogP contribution is -2.23. The molecule has 180 valence electrons. The highest BCUT2D eigenvalue weighted by Gasteiger charge is 2.30. The van der Waals surface area contributed by atoms with Gasteiger partial charge in [-0.05, 0) is 49.7 Å². The zero-order chi connectivity index (χ0) is 25.0. The highest BCUT2D eigenvalue weighted by molar-refractivity contribution is 5.94. The van der Waals surface area contributed by atoms with Gasteiger partial charge in [0.2, 0.25) is 5.88 Å². The highest BCUT2D eigenvalue weighted by Crippen LogP contribution is 2.30. The van der Waals surface area contributed by atoms with Crippen molar-refractivity contribution in [1.29, 1.82) is 0 Å². The molecule has 0 aliphatic heterocycles. The van der Waals surface area contributed by atoms with Crippen LogP contribution in [0.15, 0.2) is 72.9 Å². The van der Waals surface area contributed by atoms with Crippen LogP contribution in [0.3, 0.4) is 0 Å². The van der Waals surface area contributed by atoms with E-state index >= 15 is 0 Å². The molecule has 1 N–H and O–H groups in total. The Hall–Kier alpha value is -4.14. The number of aromatic nitrogens is 3. The van der Waals surface area contributed by atoms with Crippen molar-refractivity contribution in [3.05, 3.63) is 107 Å². The van der Waals surface area contributed by atoms with Crippen molar-refractivity contribution in [2.75, 3.05) is 0 Å². The van der Waals surface area contributed by atoms with E-state index in [9.17, 15) is 18.0 Å². The fourth-order valence-corrected chi connectivity index (χ4v) is 3.57. The third-order valence-corrected chi connectivity index (χ3v) is 5.53. The van der Waals surface area contributed by atoms with Crippen molar-refractivity contribution >= 4 is 5.91 Å². The second-order valence-corrected chi connectivity index (χ2v) is 7.98. The molecule has 0 bridgehead atoms. The maximum Gasteiger partial charge on any atom is 0.417 e. The first-order valence-electron chi connectivity index (χ1n) is 10.9. The van der Waals surface area contributed by atoms with Crippen LogP contribution in [0.4, 0.5) is 13.2 Å². The Morgan fingerprint density at radius 3 is 2.34 bits per heavy atom. The minimum absolute atomic E-state index is 0.0219. The maximum atomic E-state index is 12.6. The molecule has 0 saturated carbocycles. The van der Waals surface area contributed by atoms with E-state index < -0.39 is 11.7 Å². The lowest BCUT2D eigenvalue weighted by molar-refractivity contribution is -0.137. The van der Waals surface area contributed by atoms with E-state index in [2.05, 4.69) is 15.4 Å². The van der Waals surface area contributed by atoms with Crippen molar-refractivity contribution < 1.29 is 22.7 Å². The summed E-state index contributed by atoms with van der Waals surface area (Å²) in [6.45, 7) is 4.87. The topological polar surface area (TPSA) is 69.0 Å². The SMILES string of the molecule is Cc1nn(Cc2ccccc2)c(C)c1CNC(=O)c1ccc(Oc2ccc(C(F)(F)F)cn2)cc1. The number of hydrogen-bond donors (Lipinski definition) is 1. The van der Waals surface area contributed by atoms with Crippen LogP contribution in [0.25, 0.3) is 0 Å². The number of ether oxygens (including phenoxy) is 1. The Kier molecular flexibility index (Phi) is 6.86. The second-order valence-electron chi connectivity index (χ2n) is 7.98. The number of alkyl halides is 3. The van der Waals surface area contributed by atoms with Gasteiger partial charge in [0, 0.05) is 35.6 Å². The van der Waals surface area contributed by atoms with Crippen molar-refractivity contribution in [3.8, 4) is 11.6 Å². The molecule has 0 aliphatic carbocycles. The van der Waals surface area contributed by atoms with Crippen LogP contribution in [-0.4, -0.2) is 20.7 Å². The van der Waals surface area contributed by atoms with Crippen molar-refractivity contribution in [2.45, 2.75) is 33.1 Å². The largest absolute Gasteiger partial charge is 0.439 e. The van der Waals surface area contributed by atoms with Gasteiger partial charge in [-0.15, -0.1) is 0 Å². The summed E-state index contributed by atoms with van der Waals surface area (Å²) in [6, 6.07) is 18.3. The van der Waals surface area contributed by atoms with Crippen LogP contribution in [0, 0.1) is 13.8 Å². The standard InChI is InChI=1S/C26H23F3N4O2/c1-17-23(18(2)33(32-17)16-19-6-4-3-5-7-19)15-31-25(34)20-8-11-22(12-9-20)35-24-13-10-21(14-30-24)26(27,28)29/h3-14H,15-16H2,1-2H3,(H,31,34). The van der Waals surface area contributed by atoms with Gasteiger partial charge >= 0.3 is 6.18 Å². The number of rotatable bonds is 7. The quantitative estimate of drug-likeness (QED) is 0.369. The third kappa shape index (κ3) is 5.87. The lowest BCUT2D eigenvalue weighted by atomic mass is 10.1. The Morgan fingerprint density at radius 2 is 1.71 bits per heavy atom. The minimum atomic E-state index is -4.46. The van der Waals surface area contributed by atoms with E-state index in [-0.39, 0.29) is 11.8 Å². The second kappa shape index (κ2) is 10.0. The summed E-state index contributed by atoms with van der Waals surface area (Å²) in [5.74, 6) is 0.107. The molecule has 4 rings (SSSR count). The van der Waals surface area contributed by atoms with Crippen LogP contribution in [-0.2, 0) is 19.3 Å². The summed E-state index contributed by atoms with van der Waals surface area (Å²) < 4.78 is 45.3. The molecule has 2 aromatic carbocycles. The average molecular weight is 480 g/mol. The summed E-state index contributed by atoms with van der Waals surface area (Å²) in [7, 11) is 0. The number of carbonyl (C=O) groups excluding carboxylic acids is 1. The van der Waals surface area contributed by atoms with E-state index in [0.717, 1.165) is 34.6 Å². The molecule has 0 aliphatic rings. The average Bonchev–Trinajstić information content (AvgIpc) is 3.10. The summed E-state index contributed by atoms with van der Waals surface area (Å²) in [6.07, 6.45) is -3.75. The first-order chi connectivity index (χ1) is 16.7. The molecule has 0 atom stereocenters. The van der Waals surface area contributed by atoms with E-state index in [0.29, 0.717) is 30.6 Å². The number of nitrogens with zero attached hydrogens (tertiary/aromatic N) is 3. The van der Waals surface area contributed by atoms with E-state index in [4.69, 9.17) is 4.74 Å². The molecule has 35 heavy (non-hydrogen) atoms. The zero-order valence-electron chi connectivity index (χ0n) is 19.1. The molecule has 0 fully saturated rings. The molecular formula is C26H23F3N4O2. The van der Waals surface area contributed by atoms with Gasteiger partial charge in [0.1, 0.15) is 5.75 Å². The molecule has 2 aromatic heterocycles. The Morgan fingerprint density at radius 1 is 1.00 bits per heavy atom. The van der Waals surface area contributed by atoms with Gasteiger partial charge in [-0.2, -0.15) is 18.3 Å². The number of hydrogen-bond acceptors (Lipinski definition) is 4. The summed E-state index contributed by atoms with van der Waals surface area (Å²) in [4.78, 5) is 16.3. The molecule has 6 nitrogen and oxygen atoms in total. The number of aryl methyl sites for hydroxylation is 1. The van der Waals surface area contributed by atoms with Crippen LogP contribution in [0.2, 0.25) is 0 Å². The van der Waals surface area contributed by atoms with E-state index in [1.54, 1.807) is 24.3 Å². The minimum Gasteiger partial charge on any atom is -0.439 e. The van der Waals surface area contributed by atoms with Crippen molar-refractivity contribution in [2.24, 2.45) is 0 Å². The van der Waals surface area contributed by atoms with Gasteiger partial charge in [-0.1, -0.05) is 30.3 Å². The molecule has 0 unspecified atom stereocenters. The van der Waals surface area contributed by atoms with Crippen molar-refractivity contribution in [1.82, 2.24) is 20.1 Å². The molecule has 0 saturated heterocycles. The lowest BCUT2D eigenvalue weighted by Gasteiger charge is -2.09. The molecule has 0 spiro atoms. The van der Waals surface area contributed by atoms with Gasteiger partial charge in [0.25, 0.3) is 5.91 Å². The summed E-state index contributed by atoms with van der Waals surface area (Å²) >= 11 is 0. The van der Waals surface area contributed by atoms with Gasteiger partial charge in [-0.25, -0.2) is 4.98 Å². The molecule has 4 aromatic rings. The predicted molar refractivity (Wildman–Crippen MR) is 124 cm³/mol. The van der Waals surface area contributed by atoms with Crippen LogP contribution < -0.4 is 10.1 Å². The molecular weight excluding hydrogens is 457 g/mol. The first-order valence-corrected chi connectivity index (χ1v) is 10.9. The number of nitrogens with one attached hydrogen (secondary N) is 1. The van der Waals surface area contributed by atoms with Gasteiger partial charge in [0.15, 0.2) is 0 Å². The number of halogens is 3. The summed E-state index contributed by atoms with van der Waals surface area (Å²) in [5.41, 5.74) is 3.51. The fourth-order valence-electron chi connectivity index (χ4n) is 3.57. The Labute approximate surface area is 200 Å². The summed E-state index contributed by atoms with van der Waals surface area (Å²) in [5, 5.41) is 7.52. The van der Waals surface area contributed by atoms with E-state index in [1.165, 1.54) is 0 Å². The van der Waals surface area contributed by atoms with Crippen LogP contribution >= 0.6 is 0 Å². The van der Waals surface area contributed by atoms with Gasteiger partial charge in [-0.3, -0.25) is 9.48 Å². The predicted octanol–water partition coefficient (Wildman–Crippen LogP) is 5.68. The Balaban J connectivity index is 1.36. The molecule has 2 heterocycles.